The highest BCUT2D eigenvalue weighted by atomic mass is 32.1. The topological polar surface area (TPSA) is 110 Å². The van der Waals surface area contributed by atoms with Crippen LogP contribution >= 0.6 is 11.3 Å². The summed E-state index contributed by atoms with van der Waals surface area (Å²) in [5, 5.41) is 24.2. The van der Waals surface area contributed by atoms with Crippen LogP contribution in [-0.4, -0.2) is 41.6 Å². The van der Waals surface area contributed by atoms with Crippen LogP contribution in [0.4, 0.5) is 0 Å². The summed E-state index contributed by atoms with van der Waals surface area (Å²) in [5.74, 6) is -0.444. The van der Waals surface area contributed by atoms with E-state index in [-0.39, 0.29) is 17.1 Å². The second kappa shape index (κ2) is 9.66. The largest absolute Gasteiger partial charge is 0.504 e. The highest BCUT2D eigenvalue weighted by Gasteiger charge is 2.11. The first-order valence-corrected chi connectivity index (χ1v) is 8.97. The molecule has 8 nitrogen and oxygen atoms in total. The zero-order valence-electron chi connectivity index (χ0n) is 15.3. The van der Waals surface area contributed by atoms with Crippen molar-refractivity contribution in [1.82, 2.24) is 9.78 Å². The summed E-state index contributed by atoms with van der Waals surface area (Å²) < 4.78 is 11.7. The molecule has 0 radical (unpaired) electrons. The van der Waals surface area contributed by atoms with Gasteiger partial charge in [-0.05, 0) is 30.2 Å². The Morgan fingerprint density at radius 2 is 2.26 bits per heavy atom. The monoisotopic (exact) mass is 388 g/mol. The van der Waals surface area contributed by atoms with Gasteiger partial charge in [0, 0.05) is 7.11 Å². The average molecular weight is 388 g/mol. The van der Waals surface area contributed by atoms with Crippen LogP contribution in [0.2, 0.25) is 0 Å². The van der Waals surface area contributed by atoms with Gasteiger partial charge in [-0.2, -0.15) is 15.4 Å². The third-order valence-corrected chi connectivity index (χ3v) is 4.63. The van der Waals surface area contributed by atoms with Gasteiger partial charge in [0.15, 0.2) is 11.5 Å². The van der Waals surface area contributed by atoms with Gasteiger partial charge < -0.3 is 14.6 Å². The van der Waals surface area contributed by atoms with Crippen molar-refractivity contribution in [2.24, 2.45) is 4.99 Å². The van der Waals surface area contributed by atoms with Crippen molar-refractivity contribution in [3.63, 3.8) is 0 Å². The number of rotatable bonds is 7. The van der Waals surface area contributed by atoms with E-state index in [0.29, 0.717) is 23.5 Å². The lowest BCUT2D eigenvalue weighted by molar-refractivity contribution is -0.114. The first-order chi connectivity index (χ1) is 13.0. The number of methoxy groups -OCH3 is 2. The SMILES string of the molecule is CCc1nn(CCOC)c(=NC(=O)C(C#N)=Cc2ccc(O)c(OC)c2)s1. The fraction of sp³-hybridized carbons (Fsp3) is 0.333. The van der Waals surface area contributed by atoms with Gasteiger partial charge in [-0.15, -0.1) is 0 Å². The van der Waals surface area contributed by atoms with Crippen LogP contribution in [-0.2, 0) is 22.5 Å². The maximum atomic E-state index is 12.5. The van der Waals surface area contributed by atoms with Gasteiger partial charge >= 0.3 is 0 Å². The molecule has 9 heteroatoms. The summed E-state index contributed by atoms with van der Waals surface area (Å²) in [6.45, 7) is 2.85. The zero-order chi connectivity index (χ0) is 19.8. The minimum atomic E-state index is -0.665. The minimum absolute atomic E-state index is 0.0277. The van der Waals surface area contributed by atoms with Crippen LogP contribution in [0.1, 0.15) is 17.5 Å². The molecule has 0 aliphatic carbocycles. The van der Waals surface area contributed by atoms with E-state index in [2.05, 4.69) is 10.1 Å². The molecule has 0 atom stereocenters. The molecule has 2 rings (SSSR count). The Morgan fingerprint density at radius 3 is 2.89 bits per heavy atom. The molecule has 1 aromatic heterocycles. The van der Waals surface area contributed by atoms with Gasteiger partial charge in [0.2, 0.25) is 4.80 Å². The van der Waals surface area contributed by atoms with E-state index in [1.54, 1.807) is 17.9 Å². The maximum Gasteiger partial charge on any atom is 0.290 e. The van der Waals surface area contributed by atoms with Crippen LogP contribution in [0.3, 0.4) is 0 Å². The van der Waals surface area contributed by atoms with Crippen LogP contribution in [0.25, 0.3) is 6.08 Å². The van der Waals surface area contributed by atoms with E-state index >= 15 is 0 Å². The second-order valence-corrected chi connectivity index (χ2v) is 6.41. The van der Waals surface area contributed by atoms with Crippen molar-refractivity contribution < 1.29 is 19.4 Å². The number of nitriles is 1. The number of hydrogen-bond donors (Lipinski definition) is 1. The normalized spacial score (nSPS) is 12.1. The molecule has 1 aromatic carbocycles. The zero-order valence-corrected chi connectivity index (χ0v) is 16.1. The fourth-order valence-corrected chi connectivity index (χ4v) is 3.00. The molecule has 0 saturated heterocycles. The summed E-state index contributed by atoms with van der Waals surface area (Å²) in [5.41, 5.74) is 0.406. The molecular formula is C18H20N4O4S. The molecule has 0 fully saturated rings. The molecular weight excluding hydrogens is 368 g/mol. The number of ether oxygens (including phenoxy) is 2. The van der Waals surface area contributed by atoms with Gasteiger partial charge in [-0.1, -0.05) is 24.3 Å². The molecule has 0 unspecified atom stereocenters. The number of carbonyl (C=O) groups excluding carboxylic acids is 1. The number of phenolic OH excluding ortho intramolecular Hbond substituents is 1. The average Bonchev–Trinajstić information content (AvgIpc) is 3.07. The number of aromatic nitrogens is 2. The van der Waals surface area contributed by atoms with E-state index in [1.165, 1.54) is 36.7 Å². The van der Waals surface area contributed by atoms with E-state index in [4.69, 9.17) is 9.47 Å². The van der Waals surface area contributed by atoms with E-state index in [0.717, 1.165) is 11.4 Å². The van der Waals surface area contributed by atoms with Crippen LogP contribution in [0.15, 0.2) is 28.8 Å². The molecule has 0 aliphatic rings. The Balaban J connectivity index is 2.39. The Labute approximate surface area is 160 Å². The molecule has 1 N–H and O–H groups in total. The van der Waals surface area contributed by atoms with Gasteiger partial charge in [0.25, 0.3) is 5.91 Å². The number of aryl methyl sites for hydroxylation is 1. The van der Waals surface area contributed by atoms with Crippen molar-refractivity contribution in [2.45, 2.75) is 19.9 Å². The molecule has 1 amide bonds. The number of aromatic hydroxyl groups is 1. The van der Waals surface area contributed by atoms with Crippen molar-refractivity contribution in [1.29, 1.82) is 5.26 Å². The highest BCUT2D eigenvalue weighted by Crippen LogP contribution is 2.27. The minimum Gasteiger partial charge on any atom is -0.504 e. The molecule has 142 valence electrons. The lowest BCUT2D eigenvalue weighted by Crippen LogP contribution is -2.21. The summed E-state index contributed by atoms with van der Waals surface area (Å²) in [6, 6.07) is 6.40. The highest BCUT2D eigenvalue weighted by molar-refractivity contribution is 7.08. The van der Waals surface area contributed by atoms with E-state index in [9.17, 15) is 15.2 Å². The van der Waals surface area contributed by atoms with Gasteiger partial charge in [0.05, 0.1) is 20.3 Å². The van der Waals surface area contributed by atoms with Crippen molar-refractivity contribution >= 4 is 23.3 Å². The van der Waals surface area contributed by atoms with Crippen LogP contribution in [0.5, 0.6) is 11.5 Å². The Morgan fingerprint density at radius 1 is 1.48 bits per heavy atom. The molecule has 0 saturated carbocycles. The van der Waals surface area contributed by atoms with Crippen LogP contribution in [0, 0.1) is 11.3 Å². The number of amides is 1. The number of hydrogen-bond acceptors (Lipinski definition) is 7. The van der Waals surface area contributed by atoms with Crippen LogP contribution < -0.4 is 9.54 Å². The number of benzene rings is 1. The lowest BCUT2D eigenvalue weighted by Gasteiger charge is -2.04. The summed E-state index contributed by atoms with van der Waals surface area (Å²) in [6.07, 6.45) is 2.12. The molecule has 1 heterocycles. The molecule has 2 aromatic rings. The van der Waals surface area contributed by atoms with Crippen molar-refractivity contribution in [2.75, 3.05) is 20.8 Å². The number of nitrogens with zero attached hydrogens (tertiary/aromatic N) is 4. The Kier molecular flexibility index (Phi) is 7.28. The number of carbonyl (C=O) groups is 1. The maximum absolute atomic E-state index is 12.5. The lowest BCUT2D eigenvalue weighted by atomic mass is 10.1. The smallest absolute Gasteiger partial charge is 0.290 e. The quantitative estimate of drug-likeness (QED) is 0.573. The Bertz CT molecular complexity index is 953. The fourth-order valence-electron chi connectivity index (χ4n) is 2.14. The first kappa shape index (κ1) is 20.4. The standard InChI is InChI=1S/C18H20N4O4S/c1-4-16-21-22(7-8-25-2)18(27-16)20-17(24)13(11-19)9-12-5-6-14(23)15(10-12)26-3/h5-6,9-10,23H,4,7-8H2,1-3H3. The third kappa shape index (κ3) is 5.26. The van der Waals surface area contributed by atoms with Gasteiger partial charge in [0.1, 0.15) is 16.6 Å². The van der Waals surface area contributed by atoms with Crippen molar-refractivity contribution in [3.05, 3.63) is 39.1 Å². The third-order valence-electron chi connectivity index (χ3n) is 3.53. The van der Waals surface area contributed by atoms with E-state index < -0.39 is 5.91 Å². The second-order valence-electron chi connectivity index (χ2n) is 5.37. The van der Waals surface area contributed by atoms with Crippen molar-refractivity contribution in [3.8, 4) is 17.6 Å². The molecule has 27 heavy (non-hydrogen) atoms. The molecule has 0 aliphatic heterocycles. The Hall–Kier alpha value is -2.96. The number of phenols is 1. The summed E-state index contributed by atoms with van der Waals surface area (Å²) in [4.78, 5) is 17.0. The molecule has 0 bridgehead atoms. The predicted molar refractivity (Wildman–Crippen MR) is 100 cm³/mol. The summed E-state index contributed by atoms with van der Waals surface area (Å²) in [7, 11) is 3.00. The van der Waals surface area contributed by atoms with Gasteiger partial charge in [-0.3, -0.25) is 4.79 Å². The molecule has 0 spiro atoms. The first-order valence-electron chi connectivity index (χ1n) is 8.16. The van der Waals surface area contributed by atoms with Gasteiger partial charge in [-0.25, -0.2) is 4.68 Å². The predicted octanol–water partition coefficient (Wildman–Crippen LogP) is 1.90. The van der Waals surface area contributed by atoms with E-state index in [1.807, 2.05) is 13.0 Å². The summed E-state index contributed by atoms with van der Waals surface area (Å²) >= 11 is 1.30.